The molecule has 0 aliphatic heterocycles. The molecule has 0 aromatic carbocycles. The van der Waals surface area contributed by atoms with Crippen molar-refractivity contribution in [1.29, 1.82) is 0 Å². The lowest BCUT2D eigenvalue weighted by molar-refractivity contribution is -0.143. The number of ether oxygens (including phenoxy) is 1. The van der Waals surface area contributed by atoms with E-state index < -0.39 is 16.0 Å². The van der Waals surface area contributed by atoms with Gasteiger partial charge in [0.15, 0.2) is 0 Å². The van der Waals surface area contributed by atoms with Gasteiger partial charge in [-0.1, -0.05) is 6.08 Å². The van der Waals surface area contributed by atoms with Gasteiger partial charge in [-0.05, 0) is 34.3 Å². The smallest absolute Gasteiger partial charge is 0.321 e. The number of nitrogens with zero attached hydrogens (tertiary/aromatic N) is 1. The minimum absolute atomic E-state index is 0.0471. The molecule has 0 aliphatic carbocycles. The number of rotatable bonds is 7. The summed E-state index contributed by atoms with van der Waals surface area (Å²) in [5, 5.41) is 1.66. The molecule has 19 heavy (non-hydrogen) atoms. The topological polar surface area (TPSA) is 63.7 Å². The summed E-state index contributed by atoms with van der Waals surface area (Å²) in [5.41, 5.74) is 0. The lowest BCUT2D eigenvalue weighted by Gasteiger charge is -2.19. The zero-order valence-electron chi connectivity index (χ0n) is 10.3. The molecule has 0 amide bonds. The van der Waals surface area contributed by atoms with E-state index in [1.165, 1.54) is 6.08 Å². The van der Waals surface area contributed by atoms with E-state index >= 15 is 0 Å². The van der Waals surface area contributed by atoms with E-state index in [1.807, 2.05) is 0 Å². The van der Waals surface area contributed by atoms with Crippen LogP contribution in [0.4, 0.5) is 0 Å². The Balaban J connectivity index is 3.01. The first-order valence-corrected chi connectivity index (χ1v) is 8.54. The Morgan fingerprint density at radius 1 is 1.63 bits per heavy atom. The summed E-state index contributed by atoms with van der Waals surface area (Å²) in [6.07, 6.45) is 1.43. The molecule has 0 unspecified atom stereocenters. The maximum Gasteiger partial charge on any atom is 0.321 e. The fraction of sp³-hybridized carbons (Fsp3) is 0.364. The third kappa shape index (κ3) is 4.13. The maximum absolute atomic E-state index is 12.4. The van der Waals surface area contributed by atoms with Crippen molar-refractivity contribution in [3.63, 3.8) is 0 Å². The molecule has 0 atom stereocenters. The van der Waals surface area contributed by atoms with E-state index in [0.717, 1.165) is 15.6 Å². The van der Waals surface area contributed by atoms with Crippen LogP contribution in [0.5, 0.6) is 0 Å². The van der Waals surface area contributed by atoms with Gasteiger partial charge in [0.05, 0.1) is 6.61 Å². The van der Waals surface area contributed by atoms with Crippen molar-refractivity contribution >= 4 is 43.3 Å². The van der Waals surface area contributed by atoms with Crippen molar-refractivity contribution in [2.75, 3.05) is 19.7 Å². The second-order valence-corrected chi connectivity index (χ2v) is 7.35. The molecule has 0 fully saturated rings. The molecule has 0 bridgehead atoms. The first-order chi connectivity index (χ1) is 8.93. The Morgan fingerprint density at radius 2 is 2.32 bits per heavy atom. The summed E-state index contributed by atoms with van der Waals surface area (Å²) in [7, 11) is -3.73. The molecule has 1 heterocycles. The van der Waals surface area contributed by atoms with Crippen LogP contribution in [0.2, 0.25) is 0 Å². The number of carbonyl (C=O) groups excluding carboxylic acids is 1. The van der Waals surface area contributed by atoms with Crippen molar-refractivity contribution < 1.29 is 17.9 Å². The number of thiophene rings is 1. The van der Waals surface area contributed by atoms with Crippen LogP contribution in [0, 0.1) is 0 Å². The normalized spacial score (nSPS) is 11.5. The van der Waals surface area contributed by atoms with E-state index in [4.69, 9.17) is 4.74 Å². The van der Waals surface area contributed by atoms with E-state index in [2.05, 4.69) is 22.5 Å². The number of sulfonamides is 1. The Labute approximate surface area is 125 Å². The van der Waals surface area contributed by atoms with E-state index in [9.17, 15) is 13.2 Å². The molecule has 0 N–H and O–H groups in total. The van der Waals surface area contributed by atoms with Crippen molar-refractivity contribution in [2.45, 2.75) is 11.1 Å². The highest BCUT2D eigenvalue weighted by atomic mass is 79.9. The quantitative estimate of drug-likeness (QED) is 0.547. The summed E-state index contributed by atoms with van der Waals surface area (Å²) >= 11 is 4.27. The van der Waals surface area contributed by atoms with E-state index in [1.54, 1.807) is 18.4 Å². The second-order valence-electron chi connectivity index (χ2n) is 3.45. The summed E-state index contributed by atoms with van der Waals surface area (Å²) in [4.78, 5) is 11.5. The Bertz CT molecular complexity index is 553. The Morgan fingerprint density at radius 3 is 2.79 bits per heavy atom. The first-order valence-electron chi connectivity index (χ1n) is 5.43. The van der Waals surface area contributed by atoms with Gasteiger partial charge in [-0.3, -0.25) is 4.79 Å². The van der Waals surface area contributed by atoms with Gasteiger partial charge in [-0.15, -0.1) is 17.9 Å². The van der Waals surface area contributed by atoms with Gasteiger partial charge >= 0.3 is 5.97 Å². The summed E-state index contributed by atoms with van der Waals surface area (Å²) in [5.74, 6) is -0.583. The highest BCUT2D eigenvalue weighted by Gasteiger charge is 2.29. The predicted molar refractivity (Wildman–Crippen MR) is 77.6 cm³/mol. The number of hydrogen-bond donors (Lipinski definition) is 0. The SMILES string of the molecule is C=CCN(CC(=O)OCC)S(=O)(=O)c1sccc1Br. The monoisotopic (exact) mass is 367 g/mol. The van der Waals surface area contributed by atoms with Crippen LogP contribution < -0.4 is 0 Å². The number of hydrogen-bond acceptors (Lipinski definition) is 5. The lowest BCUT2D eigenvalue weighted by Crippen LogP contribution is -2.36. The molecular formula is C11H14BrNO4S2. The van der Waals surface area contributed by atoms with Gasteiger partial charge < -0.3 is 4.74 Å². The summed E-state index contributed by atoms with van der Waals surface area (Å²) in [6, 6.07) is 1.65. The highest BCUT2D eigenvalue weighted by molar-refractivity contribution is 9.10. The van der Waals surface area contributed by atoms with Crippen LogP contribution in [-0.2, 0) is 19.6 Å². The molecule has 0 spiro atoms. The van der Waals surface area contributed by atoms with E-state index in [0.29, 0.717) is 4.47 Å². The molecule has 0 radical (unpaired) electrons. The molecule has 1 rings (SSSR count). The maximum atomic E-state index is 12.4. The standard InChI is InChI=1S/C11H14BrNO4S2/c1-3-6-13(8-10(14)17-4-2)19(15,16)11-9(12)5-7-18-11/h3,5,7H,1,4,6,8H2,2H3. The minimum atomic E-state index is -3.73. The summed E-state index contributed by atoms with van der Waals surface area (Å²) < 4.78 is 31.2. The number of halogens is 1. The van der Waals surface area contributed by atoms with E-state index in [-0.39, 0.29) is 23.9 Å². The van der Waals surface area contributed by atoms with Crippen molar-refractivity contribution in [1.82, 2.24) is 4.31 Å². The van der Waals surface area contributed by atoms with Crippen LogP contribution in [-0.4, -0.2) is 38.4 Å². The third-order valence-electron chi connectivity index (χ3n) is 2.10. The highest BCUT2D eigenvalue weighted by Crippen LogP contribution is 2.30. The average Bonchev–Trinajstić information content (AvgIpc) is 2.76. The van der Waals surface area contributed by atoms with Gasteiger partial charge in [0.1, 0.15) is 10.8 Å². The van der Waals surface area contributed by atoms with Gasteiger partial charge in [0, 0.05) is 11.0 Å². The van der Waals surface area contributed by atoms with Gasteiger partial charge in [-0.2, -0.15) is 4.31 Å². The average molecular weight is 368 g/mol. The van der Waals surface area contributed by atoms with Gasteiger partial charge in [0.2, 0.25) is 0 Å². The van der Waals surface area contributed by atoms with Crippen LogP contribution in [0.1, 0.15) is 6.92 Å². The number of esters is 1. The Kier molecular flexibility index (Phi) is 6.18. The third-order valence-corrected chi connectivity index (χ3v) is 6.56. The minimum Gasteiger partial charge on any atom is -0.465 e. The molecular weight excluding hydrogens is 354 g/mol. The largest absolute Gasteiger partial charge is 0.465 e. The summed E-state index contributed by atoms with van der Waals surface area (Å²) in [6.45, 7) is 5.10. The molecule has 0 saturated heterocycles. The van der Waals surface area contributed by atoms with Crippen LogP contribution in [0.25, 0.3) is 0 Å². The molecule has 5 nitrogen and oxygen atoms in total. The second kappa shape index (κ2) is 7.18. The molecule has 1 aromatic heterocycles. The first kappa shape index (κ1) is 16.4. The molecule has 1 aromatic rings. The molecule has 0 aliphatic rings. The fourth-order valence-electron chi connectivity index (χ4n) is 1.32. The molecule has 8 heteroatoms. The van der Waals surface area contributed by atoms with Crippen LogP contribution in [0.3, 0.4) is 0 Å². The lowest BCUT2D eigenvalue weighted by atomic mass is 10.5. The van der Waals surface area contributed by atoms with Crippen molar-refractivity contribution in [3.05, 3.63) is 28.6 Å². The fourth-order valence-corrected chi connectivity index (χ4v) is 5.13. The zero-order chi connectivity index (χ0) is 14.5. The van der Waals surface area contributed by atoms with Crippen LogP contribution in [0.15, 0.2) is 32.8 Å². The van der Waals surface area contributed by atoms with Gasteiger partial charge in [-0.25, -0.2) is 8.42 Å². The van der Waals surface area contributed by atoms with Gasteiger partial charge in [0.25, 0.3) is 10.0 Å². The molecule has 106 valence electrons. The Hall–Kier alpha value is -0.700. The number of carbonyl (C=O) groups is 1. The predicted octanol–water partition coefficient (Wildman–Crippen LogP) is 2.25. The van der Waals surface area contributed by atoms with Crippen molar-refractivity contribution in [2.24, 2.45) is 0 Å². The van der Waals surface area contributed by atoms with Crippen LogP contribution >= 0.6 is 27.3 Å². The molecule has 0 saturated carbocycles. The zero-order valence-corrected chi connectivity index (χ0v) is 13.6. The van der Waals surface area contributed by atoms with Crippen molar-refractivity contribution in [3.8, 4) is 0 Å².